The van der Waals surface area contributed by atoms with Crippen LogP contribution < -0.4 is 24.3 Å². The van der Waals surface area contributed by atoms with Crippen LogP contribution in [0.2, 0.25) is 0 Å². The van der Waals surface area contributed by atoms with Gasteiger partial charge in [0.05, 0.1) is 39.7 Å². The number of hydrogen-bond donors (Lipinski definition) is 1. The predicted octanol–water partition coefficient (Wildman–Crippen LogP) is 4.24. The number of thiazole rings is 1. The lowest BCUT2D eigenvalue weighted by atomic mass is 10.1. The molecule has 0 unspecified atom stereocenters. The van der Waals surface area contributed by atoms with E-state index in [0.717, 1.165) is 0 Å². The molecular weight excluding hydrogens is 399 g/mol. The van der Waals surface area contributed by atoms with Crippen LogP contribution in [0, 0.1) is 5.82 Å². The number of carbonyl (C=O) groups is 1. The van der Waals surface area contributed by atoms with Crippen LogP contribution >= 0.6 is 11.3 Å². The number of rotatable bonds is 7. The van der Waals surface area contributed by atoms with Gasteiger partial charge in [-0.25, -0.2) is 9.37 Å². The first kappa shape index (κ1) is 20.4. The van der Waals surface area contributed by atoms with Gasteiger partial charge in [-0.15, -0.1) is 11.3 Å². The number of amides is 1. The molecule has 0 spiro atoms. The number of halogens is 1. The van der Waals surface area contributed by atoms with Crippen molar-refractivity contribution in [2.45, 2.75) is 0 Å². The van der Waals surface area contributed by atoms with Crippen molar-refractivity contribution in [3.8, 4) is 34.3 Å². The largest absolute Gasteiger partial charge is 0.496 e. The van der Waals surface area contributed by atoms with E-state index < -0.39 is 11.7 Å². The third-order valence-corrected chi connectivity index (χ3v) is 4.88. The normalized spacial score (nSPS) is 10.4. The lowest BCUT2D eigenvalue weighted by Crippen LogP contribution is -2.13. The molecule has 0 atom stereocenters. The first-order valence-electron chi connectivity index (χ1n) is 8.41. The highest BCUT2D eigenvalue weighted by atomic mass is 32.1. The van der Waals surface area contributed by atoms with Crippen LogP contribution in [0.1, 0.15) is 10.4 Å². The van der Waals surface area contributed by atoms with Gasteiger partial charge in [-0.3, -0.25) is 10.1 Å². The van der Waals surface area contributed by atoms with Crippen LogP contribution in [0.3, 0.4) is 0 Å². The minimum atomic E-state index is -0.487. The van der Waals surface area contributed by atoms with Crippen molar-refractivity contribution in [3.05, 3.63) is 47.1 Å². The van der Waals surface area contributed by atoms with E-state index in [1.807, 2.05) is 0 Å². The van der Waals surface area contributed by atoms with Gasteiger partial charge < -0.3 is 18.9 Å². The van der Waals surface area contributed by atoms with Crippen LogP contribution in [-0.2, 0) is 0 Å². The Kier molecular flexibility index (Phi) is 6.18. The Bertz CT molecular complexity index is 1040. The van der Waals surface area contributed by atoms with Gasteiger partial charge in [-0.05, 0) is 18.2 Å². The van der Waals surface area contributed by atoms with Crippen molar-refractivity contribution in [3.63, 3.8) is 0 Å². The maximum Gasteiger partial charge on any atom is 0.261 e. The molecule has 0 saturated carbocycles. The lowest BCUT2D eigenvalue weighted by Gasteiger charge is -2.13. The number of nitrogens with one attached hydrogen (secondary N) is 1. The topological polar surface area (TPSA) is 78.9 Å². The number of hydrogen-bond acceptors (Lipinski definition) is 7. The molecule has 3 rings (SSSR count). The molecule has 0 radical (unpaired) electrons. The van der Waals surface area contributed by atoms with E-state index in [2.05, 4.69) is 10.3 Å². The molecule has 1 aromatic heterocycles. The molecule has 0 aliphatic carbocycles. The highest BCUT2D eigenvalue weighted by Crippen LogP contribution is 2.35. The molecule has 0 aliphatic rings. The van der Waals surface area contributed by atoms with Crippen LogP contribution in [-0.4, -0.2) is 39.3 Å². The summed E-state index contributed by atoms with van der Waals surface area (Å²) in [5.41, 5.74) is 1.37. The second-order valence-corrected chi connectivity index (χ2v) is 6.61. The Balaban J connectivity index is 1.84. The number of anilines is 1. The standard InChI is InChI=1S/C20H19FN2O5S/c1-25-15-6-5-11(7-13(15)21)14-10-29-20(22-14)23-19(24)12-8-17(27-3)18(28-4)9-16(12)26-2/h5-10H,1-4H3,(H,22,23,24). The fourth-order valence-corrected chi connectivity index (χ4v) is 3.38. The van der Waals surface area contributed by atoms with Gasteiger partial charge in [0.15, 0.2) is 28.2 Å². The van der Waals surface area contributed by atoms with Crippen LogP contribution in [0.25, 0.3) is 11.3 Å². The number of nitrogens with zero attached hydrogens (tertiary/aromatic N) is 1. The van der Waals surface area contributed by atoms with Crippen molar-refractivity contribution in [1.29, 1.82) is 0 Å². The summed E-state index contributed by atoms with van der Waals surface area (Å²) in [7, 11) is 5.83. The zero-order valence-corrected chi connectivity index (χ0v) is 17.1. The minimum Gasteiger partial charge on any atom is -0.496 e. The maximum absolute atomic E-state index is 13.9. The molecule has 152 valence electrons. The van der Waals surface area contributed by atoms with E-state index in [9.17, 15) is 9.18 Å². The van der Waals surface area contributed by atoms with Crippen molar-refractivity contribution >= 4 is 22.4 Å². The molecule has 0 fully saturated rings. The summed E-state index contributed by atoms with van der Waals surface area (Å²) < 4.78 is 34.6. The van der Waals surface area contributed by atoms with Gasteiger partial charge in [0.2, 0.25) is 0 Å². The Hall–Kier alpha value is -3.33. The molecule has 1 N–H and O–H groups in total. The predicted molar refractivity (Wildman–Crippen MR) is 108 cm³/mol. The first-order chi connectivity index (χ1) is 14.0. The molecule has 0 saturated heterocycles. The fraction of sp³-hybridized carbons (Fsp3) is 0.200. The molecule has 0 bridgehead atoms. The highest BCUT2D eigenvalue weighted by Gasteiger charge is 2.19. The summed E-state index contributed by atoms with van der Waals surface area (Å²) in [6.45, 7) is 0. The minimum absolute atomic E-state index is 0.151. The monoisotopic (exact) mass is 418 g/mol. The maximum atomic E-state index is 13.9. The Labute approximate surface area is 171 Å². The molecule has 7 nitrogen and oxygen atoms in total. The molecular formula is C20H19FN2O5S. The van der Waals surface area contributed by atoms with E-state index in [1.54, 1.807) is 17.5 Å². The summed E-state index contributed by atoms with van der Waals surface area (Å²) in [4.78, 5) is 17.1. The third kappa shape index (κ3) is 4.24. The lowest BCUT2D eigenvalue weighted by molar-refractivity contribution is 0.102. The van der Waals surface area contributed by atoms with Crippen molar-refractivity contribution in [1.82, 2.24) is 4.98 Å². The van der Waals surface area contributed by atoms with Crippen LogP contribution in [0.15, 0.2) is 35.7 Å². The average molecular weight is 418 g/mol. The van der Waals surface area contributed by atoms with Gasteiger partial charge in [-0.2, -0.15) is 0 Å². The Morgan fingerprint density at radius 3 is 2.21 bits per heavy atom. The Morgan fingerprint density at radius 2 is 1.59 bits per heavy atom. The number of ether oxygens (including phenoxy) is 4. The van der Waals surface area contributed by atoms with Gasteiger partial charge >= 0.3 is 0 Å². The Morgan fingerprint density at radius 1 is 0.931 bits per heavy atom. The van der Waals surface area contributed by atoms with Crippen LogP contribution in [0.5, 0.6) is 23.0 Å². The molecule has 1 amide bonds. The summed E-state index contributed by atoms with van der Waals surface area (Å²) >= 11 is 1.22. The van der Waals surface area contributed by atoms with Gasteiger partial charge in [0, 0.05) is 23.1 Å². The van der Waals surface area contributed by atoms with Crippen molar-refractivity contribution < 1.29 is 28.1 Å². The zero-order chi connectivity index (χ0) is 21.0. The SMILES string of the molecule is COc1ccc(-c2csc(NC(=O)c3cc(OC)c(OC)cc3OC)n2)cc1F. The zero-order valence-electron chi connectivity index (χ0n) is 16.2. The summed E-state index contributed by atoms with van der Waals surface area (Å²) in [5, 5.41) is 4.81. The molecule has 2 aromatic carbocycles. The van der Waals surface area contributed by atoms with Gasteiger partial charge in [0.25, 0.3) is 5.91 Å². The molecule has 3 aromatic rings. The number of aromatic nitrogens is 1. The van der Waals surface area contributed by atoms with Gasteiger partial charge in [0.1, 0.15) is 5.75 Å². The summed E-state index contributed by atoms with van der Waals surface area (Å²) in [6, 6.07) is 7.65. The van der Waals surface area contributed by atoms with Crippen molar-refractivity contribution in [2.24, 2.45) is 0 Å². The smallest absolute Gasteiger partial charge is 0.261 e. The second-order valence-electron chi connectivity index (χ2n) is 5.75. The number of benzene rings is 2. The second kappa shape index (κ2) is 8.78. The highest BCUT2D eigenvalue weighted by molar-refractivity contribution is 7.14. The van der Waals surface area contributed by atoms with E-state index in [0.29, 0.717) is 33.6 Å². The fourth-order valence-electron chi connectivity index (χ4n) is 2.66. The molecule has 0 aliphatic heterocycles. The van der Waals surface area contributed by atoms with E-state index in [4.69, 9.17) is 18.9 Å². The molecule has 9 heteroatoms. The quantitative estimate of drug-likeness (QED) is 0.618. The first-order valence-corrected chi connectivity index (χ1v) is 9.29. The average Bonchev–Trinajstić information content (AvgIpc) is 3.20. The van der Waals surface area contributed by atoms with E-state index in [1.165, 1.54) is 58.0 Å². The summed E-state index contributed by atoms with van der Waals surface area (Å²) in [5.74, 6) is 0.404. The van der Waals surface area contributed by atoms with Crippen molar-refractivity contribution in [2.75, 3.05) is 33.8 Å². The third-order valence-electron chi connectivity index (χ3n) is 4.12. The number of methoxy groups -OCH3 is 4. The van der Waals surface area contributed by atoms with E-state index >= 15 is 0 Å². The van der Waals surface area contributed by atoms with E-state index in [-0.39, 0.29) is 11.3 Å². The van der Waals surface area contributed by atoms with Crippen LogP contribution in [0.4, 0.5) is 9.52 Å². The molecule has 29 heavy (non-hydrogen) atoms. The molecule has 1 heterocycles. The van der Waals surface area contributed by atoms with Gasteiger partial charge in [-0.1, -0.05) is 0 Å². The number of carbonyl (C=O) groups excluding carboxylic acids is 1. The summed E-state index contributed by atoms with van der Waals surface area (Å²) in [6.07, 6.45) is 0.